The molecule has 3 nitrogen and oxygen atoms in total. The highest BCUT2D eigenvalue weighted by Gasteiger charge is 2.40. The highest BCUT2D eigenvalue weighted by Crippen LogP contribution is 2.30. The number of nitrogens with two attached hydrogens (primary N) is 1. The summed E-state index contributed by atoms with van der Waals surface area (Å²) < 4.78 is 13.5. The predicted octanol–water partition coefficient (Wildman–Crippen LogP) is 1.88. The molecular weight excluding hydrogens is 219 g/mol. The fourth-order valence-corrected chi connectivity index (χ4v) is 2.03. The van der Waals surface area contributed by atoms with Crippen molar-refractivity contribution in [3.63, 3.8) is 0 Å². The monoisotopic (exact) mass is 236 g/mol. The van der Waals surface area contributed by atoms with Gasteiger partial charge in [0.2, 0.25) is 5.91 Å². The van der Waals surface area contributed by atoms with Gasteiger partial charge in [-0.05, 0) is 32.3 Å². The van der Waals surface area contributed by atoms with E-state index in [1.807, 2.05) is 0 Å². The lowest BCUT2D eigenvalue weighted by Gasteiger charge is -2.37. The van der Waals surface area contributed by atoms with E-state index >= 15 is 0 Å². The number of halogens is 1. The van der Waals surface area contributed by atoms with Gasteiger partial charge >= 0.3 is 0 Å². The van der Waals surface area contributed by atoms with E-state index < -0.39 is 5.54 Å². The summed E-state index contributed by atoms with van der Waals surface area (Å²) in [6.07, 6.45) is 2.41. The van der Waals surface area contributed by atoms with Gasteiger partial charge in [-0.3, -0.25) is 4.79 Å². The number of benzene rings is 1. The number of carbonyl (C=O) groups is 1. The van der Waals surface area contributed by atoms with Crippen LogP contribution in [0.15, 0.2) is 24.3 Å². The van der Waals surface area contributed by atoms with Gasteiger partial charge in [0.05, 0.1) is 11.6 Å². The molecule has 0 saturated heterocycles. The minimum absolute atomic E-state index is 0.181. The van der Waals surface area contributed by atoms with Crippen LogP contribution in [0, 0.1) is 5.82 Å². The van der Waals surface area contributed by atoms with Crippen LogP contribution < -0.4 is 11.1 Å². The Labute approximate surface area is 100 Å². The van der Waals surface area contributed by atoms with E-state index in [1.54, 1.807) is 25.1 Å². The normalized spacial score (nSPS) is 19.2. The Morgan fingerprint density at radius 2 is 2.12 bits per heavy atom. The molecule has 1 saturated carbocycles. The summed E-state index contributed by atoms with van der Waals surface area (Å²) in [5.41, 5.74) is 5.66. The molecule has 1 aliphatic carbocycles. The Balaban J connectivity index is 2.04. The largest absolute Gasteiger partial charge is 0.348 e. The lowest BCUT2D eigenvalue weighted by Crippen LogP contribution is -2.58. The first-order valence-corrected chi connectivity index (χ1v) is 5.87. The predicted molar refractivity (Wildman–Crippen MR) is 63.7 cm³/mol. The maximum absolute atomic E-state index is 13.5. The molecule has 17 heavy (non-hydrogen) atoms. The molecule has 0 unspecified atom stereocenters. The molecule has 0 radical (unpaired) electrons. The smallest absolute Gasteiger partial charge is 0.240 e. The summed E-state index contributed by atoms with van der Waals surface area (Å²) in [5.74, 6) is -0.487. The van der Waals surface area contributed by atoms with E-state index in [0.717, 1.165) is 6.42 Å². The Hall–Kier alpha value is -1.42. The molecule has 1 aromatic rings. The molecule has 0 heterocycles. The Bertz CT molecular complexity index is 429. The average Bonchev–Trinajstić information content (AvgIpc) is 2.26. The standard InChI is InChI=1S/C13H17FN2O/c1-9(10-5-2-3-6-11(10)14)16-12(17)13(15)7-4-8-13/h2-3,5-6,9H,4,7-8,15H2,1H3,(H,16,17)/t9-/m1/s1. The van der Waals surface area contributed by atoms with Gasteiger partial charge in [-0.1, -0.05) is 18.2 Å². The maximum Gasteiger partial charge on any atom is 0.240 e. The molecule has 1 amide bonds. The fraction of sp³-hybridized carbons (Fsp3) is 0.462. The topological polar surface area (TPSA) is 55.1 Å². The molecule has 4 heteroatoms. The molecule has 1 fully saturated rings. The number of hydrogen-bond donors (Lipinski definition) is 2. The molecule has 3 N–H and O–H groups in total. The zero-order valence-electron chi connectivity index (χ0n) is 9.87. The van der Waals surface area contributed by atoms with Gasteiger partial charge in [-0.15, -0.1) is 0 Å². The summed E-state index contributed by atoms with van der Waals surface area (Å²) in [6.45, 7) is 1.76. The second kappa shape index (κ2) is 4.45. The molecule has 0 bridgehead atoms. The molecule has 0 aliphatic heterocycles. The van der Waals surface area contributed by atoms with Crippen molar-refractivity contribution in [2.24, 2.45) is 5.73 Å². The first-order chi connectivity index (χ1) is 8.03. The van der Waals surface area contributed by atoms with E-state index in [4.69, 9.17) is 5.73 Å². The van der Waals surface area contributed by atoms with Gasteiger partial charge in [-0.2, -0.15) is 0 Å². The summed E-state index contributed by atoms with van der Waals surface area (Å²) in [4.78, 5) is 11.9. The van der Waals surface area contributed by atoms with Gasteiger partial charge in [-0.25, -0.2) is 4.39 Å². The molecule has 1 aliphatic rings. The maximum atomic E-state index is 13.5. The second-order valence-corrected chi connectivity index (χ2v) is 4.73. The van der Waals surface area contributed by atoms with E-state index in [9.17, 15) is 9.18 Å². The van der Waals surface area contributed by atoms with Crippen LogP contribution in [0.1, 0.15) is 37.8 Å². The average molecular weight is 236 g/mol. The minimum Gasteiger partial charge on any atom is -0.348 e. The van der Waals surface area contributed by atoms with Crippen LogP contribution in [0.5, 0.6) is 0 Å². The Kier molecular flexibility index (Phi) is 3.15. The lowest BCUT2D eigenvalue weighted by atomic mass is 9.77. The van der Waals surface area contributed by atoms with Crippen LogP contribution >= 0.6 is 0 Å². The molecule has 1 aromatic carbocycles. The number of amides is 1. The molecule has 2 rings (SSSR count). The van der Waals surface area contributed by atoms with Crippen molar-refractivity contribution in [2.75, 3.05) is 0 Å². The van der Waals surface area contributed by atoms with Crippen LogP contribution in [0.2, 0.25) is 0 Å². The lowest BCUT2D eigenvalue weighted by molar-refractivity contribution is -0.129. The Morgan fingerprint density at radius 1 is 1.47 bits per heavy atom. The van der Waals surface area contributed by atoms with Crippen LogP contribution in [0.25, 0.3) is 0 Å². The van der Waals surface area contributed by atoms with E-state index in [-0.39, 0.29) is 17.8 Å². The summed E-state index contributed by atoms with van der Waals surface area (Å²) in [6, 6.07) is 6.08. The third-order valence-corrected chi connectivity index (χ3v) is 3.42. The van der Waals surface area contributed by atoms with Crippen molar-refractivity contribution in [1.29, 1.82) is 0 Å². The molecule has 0 spiro atoms. The van der Waals surface area contributed by atoms with Crippen molar-refractivity contribution in [3.05, 3.63) is 35.6 Å². The van der Waals surface area contributed by atoms with Gasteiger partial charge in [0.25, 0.3) is 0 Å². The van der Waals surface area contributed by atoms with Crippen molar-refractivity contribution in [3.8, 4) is 0 Å². The van der Waals surface area contributed by atoms with Crippen molar-refractivity contribution < 1.29 is 9.18 Å². The second-order valence-electron chi connectivity index (χ2n) is 4.73. The third kappa shape index (κ3) is 2.31. The van der Waals surface area contributed by atoms with Crippen LogP contribution in [-0.2, 0) is 4.79 Å². The van der Waals surface area contributed by atoms with E-state index in [0.29, 0.717) is 18.4 Å². The number of carbonyl (C=O) groups excluding carboxylic acids is 1. The first-order valence-electron chi connectivity index (χ1n) is 5.87. The molecule has 1 atom stereocenters. The van der Waals surface area contributed by atoms with Crippen LogP contribution in [0.3, 0.4) is 0 Å². The van der Waals surface area contributed by atoms with Crippen LogP contribution in [-0.4, -0.2) is 11.4 Å². The summed E-state index contributed by atoms with van der Waals surface area (Å²) in [5, 5.41) is 2.78. The van der Waals surface area contributed by atoms with Crippen molar-refractivity contribution in [1.82, 2.24) is 5.32 Å². The molecule has 92 valence electrons. The van der Waals surface area contributed by atoms with Gasteiger partial charge in [0.15, 0.2) is 0 Å². The minimum atomic E-state index is -0.737. The SMILES string of the molecule is C[C@@H](NC(=O)C1(N)CCC1)c1ccccc1F. The van der Waals surface area contributed by atoms with Crippen molar-refractivity contribution >= 4 is 5.91 Å². The summed E-state index contributed by atoms with van der Waals surface area (Å²) in [7, 11) is 0. The number of nitrogens with one attached hydrogen (secondary N) is 1. The third-order valence-electron chi connectivity index (χ3n) is 3.42. The molecule has 0 aromatic heterocycles. The zero-order chi connectivity index (χ0) is 12.5. The van der Waals surface area contributed by atoms with E-state index in [2.05, 4.69) is 5.32 Å². The van der Waals surface area contributed by atoms with Gasteiger partial charge in [0.1, 0.15) is 5.82 Å². The quantitative estimate of drug-likeness (QED) is 0.842. The first kappa shape index (κ1) is 12.0. The number of hydrogen-bond acceptors (Lipinski definition) is 2. The zero-order valence-corrected chi connectivity index (χ0v) is 9.87. The fourth-order valence-electron chi connectivity index (χ4n) is 2.03. The van der Waals surface area contributed by atoms with Crippen molar-refractivity contribution in [2.45, 2.75) is 37.8 Å². The van der Waals surface area contributed by atoms with Gasteiger partial charge in [0, 0.05) is 5.56 Å². The van der Waals surface area contributed by atoms with Crippen LogP contribution in [0.4, 0.5) is 4.39 Å². The molecular formula is C13H17FN2O. The van der Waals surface area contributed by atoms with E-state index in [1.165, 1.54) is 6.07 Å². The summed E-state index contributed by atoms with van der Waals surface area (Å²) >= 11 is 0. The highest BCUT2D eigenvalue weighted by molar-refractivity contribution is 5.87. The number of rotatable bonds is 3. The Morgan fingerprint density at radius 3 is 2.65 bits per heavy atom. The highest BCUT2D eigenvalue weighted by atomic mass is 19.1. The van der Waals surface area contributed by atoms with Gasteiger partial charge < -0.3 is 11.1 Å².